The molecule has 5 heavy (non-hydrogen) atoms. The highest BCUT2D eigenvalue weighted by atomic mass is 79.9. The van der Waals surface area contributed by atoms with Gasteiger partial charge in [0.25, 0.3) is 0 Å². The summed E-state index contributed by atoms with van der Waals surface area (Å²) in [6.07, 6.45) is -2.58. The van der Waals surface area contributed by atoms with Crippen LogP contribution in [-0.4, -0.2) is 16.5 Å². The summed E-state index contributed by atoms with van der Waals surface area (Å²) in [5.41, 5.74) is 0. The van der Waals surface area contributed by atoms with Crippen molar-refractivity contribution in [3.05, 3.63) is 0 Å². The third-order valence-electron chi connectivity index (χ3n) is 0. The number of hydrogen-bond donors (Lipinski definition) is 2. The van der Waals surface area contributed by atoms with Crippen molar-refractivity contribution in [3.8, 4) is 0 Å². The van der Waals surface area contributed by atoms with Crippen molar-refractivity contribution in [1.29, 1.82) is 0 Å². The van der Waals surface area contributed by atoms with Crippen molar-refractivity contribution in [2.45, 2.75) is 0 Å². The van der Waals surface area contributed by atoms with Crippen LogP contribution in [0, 0.1) is 0 Å². The lowest BCUT2D eigenvalue weighted by Crippen LogP contribution is -1.67. The molecule has 2 N–H and O–H groups in total. The lowest BCUT2D eigenvalue weighted by molar-refractivity contribution is 0.485. The summed E-state index contributed by atoms with van der Waals surface area (Å²) in [4.78, 5) is 16.2. The van der Waals surface area contributed by atoms with Gasteiger partial charge in [-0.3, -0.25) is 0 Å². The minimum atomic E-state index is -2.58. The van der Waals surface area contributed by atoms with Gasteiger partial charge in [0.1, 0.15) is 6.66 Å². The fraction of sp³-hybridized carbons (Fsp3) is 1.00. The van der Waals surface area contributed by atoms with E-state index in [1.165, 1.54) is 6.66 Å². The highest BCUT2D eigenvalue weighted by Gasteiger charge is 2.17. The van der Waals surface area contributed by atoms with Crippen molar-refractivity contribution in [2.24, 2.45) is 0 Å². The normalized spacial score (nSPS) is 12.0. The third-order valence-corrected chi connectivity index (χ3v) is 0. The van der Waals surface area contributed by atoms with Crippen LogP contribution in [0.3, 0.4) is 0 Å². The van der Waals surface area contributed by atoms with Gasteiger partial charge in [-0.2, -0.15) is 0 Å². The SMILES string of the molecule is C[P+](O)(O)Br. The lowest BCUT2D eigenvalue weighted by atomic mass is 12.0. The van der Waals surface area contributed by atoms with Crippen molar-refractivity contribution >= 4 is 21.9 Å². The Labute approximate surface area is 39.1 Å². The van der Waals surface area contributed by atoms with E-state index in [0.717, 1.165) is 0 Å². The van der Waals surface area contributed by atoms with E-state index in [1.54, 1.807) is 0 Å². The second-order valence-corrected chi connectivity index (χ2v) is 6.46. The molecule has 0 aromatic heterocycles. The molecule has 0 aromatic carbocycles. The maximum Gasteiger partial charge on any atom is 0.332 e. The first-order valence-corrected chi connectivity index (χ1v) is 5.18. The molecule has 0 amide bonds. The van der Waals surface area contributed by atoms with Crippen LogP contribution in [-0.2, 0) is 0 Å². The Morgan fingerprint density at radius 3 is 1.60 bits per heavy atom. The van der Waals surface area contributed by atoms with Crippen LogP contribution in [0.2, 0.25) is 0 Å². The van der Waals surface area contributed by atoms with Gasteiger partial charge in [0, 0.05) is 0 Å². The minimum absolute atomic E-state index is 1.33. The maximum atomic E-state index is 8.10. The van der Waals surface area contributed by atoms with Gasteiger partial charge in [-0.1, -0.05) is 0 Å². The van der Waals surface area contributed by atoms with Crippen LogP contribution < -0.4 is 0 Å². The van der Waals surface area contributed by atoms with E-state index in [1.807, 2.05) is 0 Å². The predicted octanol–water partition coefficient (Wildman–Crippen LogP) is 0.758. The summed E-state index contributed by atoms with van der Waals surface area (Å²) >= 11 is 2.60. The molecule has 0 rings (SSSR count). The summed E-state index contributed by atoms with van der Waals surface area (Å²) in [5.74, 6) is 0. The number of halogens is 1. The molecule has 32 valence electrons. The molecule has 0 atom stereocenters. The zero-order valence-electron chi connectivity index (χ0n) is 2.72. The standard InChI is InChI=1S/CH5BrO2P/c1-5(2,3)4/h3-4H,1H3/q+1. The largest absolute Gasteiger partial charge is 0.332 e. The van der Waals surface area contributed by atoms with E-state index in [9.17, 15) is 0 Å². The topological polar surface area (TPSA) is 40.5 Å². The molecule has 0 aromatic rings. The first-order valence-electron chi connectivity index (χ1n) is 1.02. The molecule has 0 saturated carbocycles. The second-order valence-electron chi connectivity index (χ2n) is 0.810. The minimum Gasteiger partial charge on any atom is -0.209 e. The van der Waals surface area contributed by atoms with Gasteiger partial charge < -0.3 is 0 Å². The Kier molecular flexibility index (Phi) is 1.77. The van der Waals surface area contributed by atoms with Crippen molar-refractivity contribution in [1.82, 2.24) is 0 Å². The van der Waals surface area contributed by atoms with Gasteiger partial charge in [-0.25, -0.2) is 9.79 Å². The van der Waals surface area contributed by atoms with Crippen LogP contribution in [0.1, 0.15) is 0 Å². The Bertz CT molecular complexity index is 25.1. The molecule has 0 spiro atoms. The monoisotopic (exact) mass is 159 g/mol. The van der Waals surface area contributed by atoms with E-state index in [2.05, 4.69) is 15.5 Å². The molecule has 0 unspecified atom stereocenters. The molecular formula is CH5BrO2P+. The van der Waals surface area contributed by atoms with Gasteiger partial charge >= 0.3 is 6.42 Å². The van der Waals surface area contributed by atoms with Gasteiger partial charge in [0.05, 0.1) is 0 Å². The highest BCUT2D eigenvalue weighted by Crippen LogP contribution is 2.53. The van der Waals surface area contributed by atoms with Crippen molar-refractivity contribution in [2.75, 3.05) is 6.66 Å². The van der Waals surface area contributed by atoms with Crippen molar-refractivity contribution < 1.29 is 9.79 Å². The number of hydrogen-bond acceptors (Lipinski definition) is 2. The van der Waals surface area contributed by atoms with Gasteiger partial charge in [0.2, 0.25) is 15.5 Å². The molecule has 4 heteroatoms. The van der Waals surface area contributed by atoms with Gasteiger partial charge in [0.15, 0.2) is 0 Å². The Morgan fingerprint density at radius 2 is 1.60 bits per heavy atom. The first-order chi connectivity index (χ1) is 2.00. The van der Waals surface area contributed by atoms with E-state index in [0.29, 0.717) is 0 Å². The quantitative estimate of drug-likeness (QED) is 0.513. The van der Waals surface area contributed by atoms with Gasteiger partial charge in [-0.15, -0.1) is 0 Å². The maximum absolute atomic E-state index is 8.10. The summed E-state index contributed by atoms with van der Waals surface area (Å²) in [6.45, 7) is 1.33. The first kappa shape index (κ1) is 5.83. The molecule has 0 fully saturated rings. The number of rotatable bonds is 0. The van der Waals surface area contributed by atoms with Crippen molar-refractivity contribution in [3.63, 3.8) is 0 Å². The molecule has 0 heterocycles. The summed E-state index contributed by atoms with van der Waals surface area (Å²) in [6, 6.07) is 0. The van der Waals surface area contributed by atoms with Crippen LogP contribution in [0.25, 0.3) is 0 Å². The lowest BCUT2D eigenvalue weighted by Gasteiger charge is -1.86. The van der Waals surface area contributed by atoms with E-state index in [-0.39, 0.29) is 0 Å². The van der Waals surface area contributed by atoms with Gasteiger partial charge in [-0.05, 0) is 0 Å². The molecule has 0 aliphatic rings. The van der Waals surface area contributed by atoms with E-state index >= 15 is 0 Å². The highest BCUT2D eigenvalue weighted by molar-refractivity contribution is 9.40. The van der Waals surface area contributed by atoms with Crippen LogP contribution >= 0.6 is 21.9 Å². The van der Waals surface area contributed by atoms with Crippen LogP contribution in [0.4, 0.5) is 0 Å². The molecule has 0 aliphatic carbocycles. The Morgan fingerprint density at radius 1 is 1.60 bits per heavy atom. The fourth-order valence-electron chi connectivity index (χ4n) is 0. The Balaban J connectivity index is 3.02. The molecular weight excluding hydrogens is 155 g/mol. The van der Waals surface area contributed by atoms with E-state index in [4.69, 9.17) is 9.79 Å². The second kappa shape index (κ2) is 1.52. The molecule has 0 saturated heterocycles. The van der Waals surface area contributed by atoms with E-state index < -0.39 is 6.42 Å². The molecule has 2 nitrogen and oxygen atoms in total. The van der Waals surface area contributed by atoms with Crippen LogP contribution in [0.5, 0.6) is 0 Å². The summed E-state index contributed by atoms with van der Waals surface area (Å²) < 4.78 is 0. The predicted molar refractivity (Wildman–Crippen MR) is 26.2 cm³/mol. The summed E-state index contributed by atoms with van der Waals surface area (Å²) in [5, 5.41) is 0. The smallest absolute Gasteiger partial charge is 0.209 e. The van der Waals surface area contributed by atoms with Crippen LogP contribution in [0.15, 0.2) is 0 Å². The fourth-order valence-corrected chi connectivity index (χ4v) is 0. The third kappa shape index (κ3) is 56.2. The summed E-state index contributed by atoms with van der Waals surface area (Å²) in [7, 11) is 0. The molecule has 0 radical (unpaired) electrons. The Hall–Kier alpha value is 0.830. The molecule has 0 aliphatic heterocycles. The average molecular weight is 160 g/mol. The zero-order chi connectivity index (χ0) is 4.50. The molecule has 0 bridgehead atoms. The zero-order valence-corrected chi connectivity index (χ0v) is 5.20. The average Bonchev–Trinajstić information content (AvgIpc) is 0.722.